The highest BCUT2D eigenvalue weighted by atomic mass is 35.5. The van der Waals surface area contributed by atoms with Crippen LogP contribution in [0, 0.1) is 11.6 Å². The minimum Gasteiger partial charge on any atom is -0.324 e. The van der Waals surface area contributed by atoms with Crippen LogP contribution < -0.4 is 5.32 Å². The number of nitrogens with one attached hydrogen (secondary N) is 1. The molecular formula is C15H10ClF2N5O. The molecule has 1 aromatic heterocycles. The van der Waals surface area contributed by atoms with Gasteiger partial charge in [0.1, 0.15) is 18.2 Å². The number of carbonyl (C=O) groups excluding carboxylic acids is 1. The van der Waals surface area contributed by atoms with Crippen LogP contribution >= 0.6 is 11.6 Å². The van der Waals surface area contributed by atoms with E-state index in [1.54, 1.807) is 0 Å². The second kappa shape index (κ2) is 6.71. The summed E-state index contributed by atoms with van der Waals surface area (Å²) >= 11 is 5.65. The Morgan fingerprint density at radius 2 is 1.92 bits per heavy atom. The Morgan fingerprint density at radius 3 is 2.62 bits per heavy atom. The summed E-state index contributed by atoms with van der Waals surface area (Å²) in [5, 5.41) is 14.1. The number of amides is 1. The van der Waals surface area contributed by atoms with Crippen LogP contribution in [0.2, 0.25) is 5.02 Å². The van der Waals surface area contributed by atoms with Crippen LogP contribution in [0.4, 0.5) is 14.5 Å². The van der Waals surface area contributed by atoms with Crippen LogP contribution in [0.15, 0.2) is 42.5 Å². The SMILES string of the molecule is O=C(Cn1nnc(-c2ccc(F)cc2)n1)Nc1ccc(F)c(Cl)c1. The molecule has 0 unspecified atom stereocenters. The van der Waals surface area contributed by atoms with E-state index >= 15 is 0 Å². The minimum absolute atomic E-state index is 0.0923. The van der Waals surface area contributed by atoms with Crippen molar-refractivity contribution in [2.75, 3.05) is 5.32 Å². The summed E-state index contributed by atoms with van der Waals surface area (Å²) in [6.45, 7) is -0.191. The van der Waals surface area contributed by atoms with Gasteiger partial charge in [-0.05, 0) is 47.7 Å². The van der Waals surface area contributed by atoms with Gasteiger partial charge in [0.05, 0.1) is 5.02 Å². The molecule has 0 aliphatic carbocycles. The van der Waals surface area contributed by atoms with Crippen LogP contribution in [0.25, 0.3) is 11.4 Å². The lowest BCUT2D eigenvalue weighted by atomic mass is 10.2. The smallest absolute Gasteiger partial charge is 0.248 e. The van der Waals surface area contributed by atoms with Crippen molar-refractivity contribution in [1.29, 1.82) is 0 Å². The van der Waals surface area contributed by atoms with Crippen LogP contribution in [-0.4, -0.2) is 26.1 Å². The molecule has 3 aromatic rings. The number of halogens is 3. The van der Waals surface area contributed by atoms with Crippen LogP contribution in [0.3, 0.4) is 0 Å². The molecule has 0 bridgehead atoms. The maximum atomic E-state index is 13.1. The molecule has 24 heavy (non-hydrogen) atoms. The molecule has 2 aromatic carbocycles. The van der Waals surface area contributed by atoms with Gasteiger partial charge in [0.2, 0.25) is 11.7 Å². The molecular weight excluding hydrogens is 340 g/mol. The van der Waals surface area contributed by atoms with E-state index in [-0.39, 0.29) is 23.2 Å². The first-order chi connectivity index (χ1) is 11.5. The predicted molar refractivity (Wildman–Crippen MR) is 83.3 cm³/mol. The first-order valence-corrected chi connectivity index (χ1v) is 7.18. The Hall–Kier alpha value is -2.87. The Kier molecular flexibility index (Phi) is 4.48. The molecule has 0 saturated heterocycles. The monoisotopic (exact) mass is 349 g/mol. The molecule has 0 fully saturated rings. The van der Waals surface area contributed by atoms with E-state index in [0.717, 1.165) is 10.9 Å². The highest BCUT2D eigenvalue weighted by molar-refractivity contribution is 6.31. The van der Waals surface area contributed by atoms with Gasteiger partial charge in [-0.3, -0.25) is 4.79 Å². The van der Waals surface area contributed by atoms with Gasteiger partial charge in [-0.15, -0.1) is 10.2 Å². The van der Waals surface area contributed by atoms with Gasteiger partial charge in [0, 0.05) is 11.3 Å². The second-order valence-corrected chi connectivity index (χ2v) is 5.23. The van der Waals surface area contributed by atoms with E-state index in [1.165, 1.54) is 36.4 Å². The summed E-state index contributed by atoms with van der Waals surface area (Å²) < 4.78 is 26.0. The van der Waals surface area contributed by atoms with Crippen molar-refractivity contribution < 1.29 is 13.6 Å². The molecule has 0 radical (unpaired) electrons. The van der Waals surface area contributed by atoms with E-state index in [9.17, 15) is 13.6 Å². The zero-order chi connectivity index (χ0) is 17.1. The number of benzene rings is 2. The van der Waals surface area contributed by atoms with Gasteiger partial charge in [-0.2, -0.15) is 4.80 Å². The fourth-order valence-electron chi connectivity index (χ4n) is 1.93. The van der Waals surface area contributed by atoms with Crippen molar-refractivity contribution in [1.82, 2.24) is 20.2 Å². The minimum atomic E-state index is -0.573. The van der Waals surface area contributed by atoms with Gasteiger partial charge >= 0.3 is 0 Å². The largest absolute Gasteiger partial charge is 0.324 e. The maximum absolute atomic E-state index is 13.1. The van der Waals surface area contributed by atoms with Crippen LogP contribution in [-0.2, 0) is 11.3 Å². The number of carbonyl (C=O) groups is 1. The standard InChI is InChI=1S/C15H10ClF2N5O/c16-12-7-11(5-6-13(12)18)19-14(24)8-23-21-15(20-22-23)9-1-3-10(17)4-2-9/h1-7H,8H2,(H,19,24). The number of rotatable bonds is 4. The van der Waals surface area contributed by atoms with Crippen molar-refractivity contribution in [2.24, 2.45) is 0 Å². The molecule has 6 nitrogen and oxygen atoms in total. The number of aromatic nitrogens is 4. The highest BCUT2D eigenvalue weighted by Crippen LogP contribution is 2.19. The van der Waals surface area contributed by atoms with Crippen molar-refractivity contribution in [2.45, 2.75) is 6.54 Å². The normalized spacial score (nSPS) is 10.6. The van der Waals surface area contributed by atoms with E-state index in [0.29, 0.717) is 11.3 Å². The second-order valence-electron chi connectivity index (χ2n) is 4.83. The summed E-state index contributed by atoms with van der Waals surface area (Å²) in [5.74, 6) is -1.10. The van der Waals surface area contributed by atoms with Crippen molar-refractivity contribution in [3.05, 3.63) is 59.1 Å². The van der Waals surface area contributed by atoms with Crippen molar-refractivity contribution in [3.63, 3.8) is 0 Å². The van der Waals surface area contributed by atoms with Crippen LogP contribution in [0.5, 0.6) is 0 Å². The predicted octanol–water partition coefficient (Wildman–Crippen LogP) is 2.91. The summed E-state index contributed by atoms with van der Waals surface area (Å²) in [6, 6.07) is 9.42. The Bertz CT molecular complexity index is 882. The third kappa shape index (κ3) is 3.72. The first kappa shape index (κ1) is 16.0. The lowest BCUT2D eigenvalue weighted by Gasteiger charge is -2.05. The number of hydrogen-bond acceptors (Lipinski definition) is 4. The number of anilines is 1. The molecule has 1 amide bonds. The van der Waals surface area contributed by atoms with Gasteiger partial charge in [0.15, 0.2) is 0 Å². The third-order valence-electron chi connectivity index (χ3n) is 3.04. The van der Waals surface area contributed by atoms with E-state index in [4.69, 9.17) is 11.6 Å². The summed E-state index contributed by atoms with van der Waals surface area (Å²) in [5.41, 5.74) is 0.929. The molecule has 1 N–H and O–H groups in total. The Morgan fingerprint density at radius 1 is 1.17 bits per heavy atom. The molecule has 9 heteroatoms. The quantitative estimate of drug-likeness (QED) is 0.786. The number of tetrazole rings is 1. The lowest BCUT2D eigenvalue weighted by molar-refractivity contribution is -0.117. The lowest BCUT2D eigenvalue weighted by Crippen LogP contribution is -2.20. The summed E-state index contributed by atoms with van der Waals surface area (Å²) in [6.07, 6.45) is 0. The third-order valence-corrected chi connectivity index (χ3v) is 3.33. The zero-order valence-corrected chi connectivity index (χ0v) is 12.8. The fourth-order valence-corrected chi connectivity index (χ4v) is 2.11. The molecule has 0 aliphatic heterocycles. The molecule has 122 valence electrons. The van der Waals surface area contributed by atoms with Gasteiger partial charge in [-0.25, -0.2) is 8.78 Å². The van der Waals surface area contributed by atoms with Gasteiger partial charge in [-0.1, -0.05) is 11.6 Å². The zero-order valence-electron chi connectivity index (χ0n) is 12.1. The number of hydrogen-bond donors (Lipinski definition) is 1. The first-order valence-electron chi connectivity index (χ1n) is 6.80. The van der Waals surface area contributed by atoms with Crippen LogP contribution in [0.1, 0.15) is 0 Å². The summed E-state index contributed by atoms with van der Waals surface area (Å²) in [7, 11) is 0. The summed E-state index contributed by atoms with van der Waals surface area (Å²) in [4.78, 5) is 13.0. The Labute approximate surface area is 140 Å². The van der Waals surface area contributed by atoms with E-state index in [1.807, 2.05) is 0 Å². The highest BCUT2D eigenvalue weighted by Gasteiger charge is 2.10. The van der Waals surface area contributed by atoms with Crippen molar-refractivity contribution in [3.8, 4) is 11.4 Å². The molecule has 0 saturated carbocycles. The van der Waals surface area contributed by atoms with E-state index < -0.39 is 11.7 Å². The molecule has 0 aliphatic rings. The average molecular weight is 350 g/mol. The average Bonchev–Trinajstić information content (AvgIpc) is 3.00. The fraction of sp³-hybridized carbons (Fsp3) is 0.0667. The van der Waals surface area contributed by atoms with Gasteiger partial charge in [0.25, 0.3) is 0 Å². The number of nitrogens with zero attached hydrogens (tertiary/aromatic N) is 4. The topological polar surface area (TPSA) is 72.7 Å². The Balaban J connectivity index is 1.66. The maximum Gasteiger partial charge on any atom is 0.248 e. The van der Waals surface area contributed by atoms with Crippen molar-refractivity contribution >= 4 is 23.2 Å². The molecule has 1 heterocycles. The molecule has 3 rings (SSSR count). The molecule has 0 spiro atoms. The van der Waals surface area contributed by atoms with Gasteiger partial charge < -0.3 is 5.32 Å². The van der Waals surface area contributed by atoms with E-state index in [2.05, 4.69) is 20.7 Å². The molecule has 0 atom stereocenters.